The zero-order valence-corrected chi connectivity index (χ0v) is 14.4. The summed E-state index contributed by atoms with van der Waals surface area (Å²) in [5, 5.41) is 20.2. The van der Waals surface area contributed by atoms with Crippen LogP contribution >= 0.6 is 0 Å². The zero-order chi connectivity index (χ0) is 17.2. The standard InChI is InChI=1S/C18H25N5O2/c24-16-14-4-5-15(14)17(25)23(16)9-2-1-8-21-10-12-22(13-11-21)18-19-6-3-7-20-18/h3,6-7,24-25H,1-2,4-5,8-13H2. The summed E-state index contributed by atoms with van der Waals surface area (Å²) in [5.41, 5.74) is 1.88. The molecule has 7 nitrogen and oxygen atoms in total. The summed E-state index contributed by atoms with van der Waals surface area (Å²) < 4.78 is 1.67. The van der Waals surface area contributed by atoms with Crippen LogP contribution in [0, 0.1) is 0 Å². The molecule has 7 heteroatoms. The largest absolute Gasteiger partial charge is 0.494 e. The number of hydrogen-bond donors (Lipinski definition) is 2. The molecule has 2 aromatic heterocycles. The molecule has 0 spiro atoms. The molecule has 2 N–H and O–H groups in total. The van der Waals surface area contributed by atoms with Gasteiger partial charge in [-0.3, -0.25) is 9.47 Å². The van der Waals surface area contributed by atoms with Gasteiger partial charge in [0.25, 0.3) is 0 Å². The lowest BCUT2D eigenvalue weighted by Crippen LogP contribution is -2.47. The Balaban J connectivity index is 1.20. The molecule has 2 aromatic rings. The maximum atomic E-state index is 10.1. The van der Waals surface area contributed by atoms with Crippen molar-refractivity contribution in [1.82, 2.24) is 19.4 Å². The van der Waals surface area contributed by atoms with Gasteiger partial charge in [0.1, 0.15) is 0 Å². The van der Waals surface area contributed by atoms with E-state index >= 15 is 0 Å². The van der Waals surface area contributed by atoms with Crippen LogP contribution in [0.2, 0.25) is 0 Å². The Hall–Kier alpha value is -2.28. The molecule has 0 radical (unpaired) electrons. The predicted molar refractivity (Wildman–Crippen MR) is 95.1 cm³/mol. The highest BCUT2D eigenvalue weighted by Crippen LogP contribution is 2.41. The Morgan fingerprint density at radius 3 is 2.04 bits per heavy atom. The van der Waals surface area contributed by atoms with Gasteiger partial charge >= 0.3 is 0 Å². The minimum atomic E-state index is 0.273. The van der Waals surface area contributed by atoms with Crippen LogP contribution < -0.4 is 4.90 Å². The lowest BCUT2D eigenvalue weighted by molar-refractivity contribution is 0.248. The van der Waals surface area contributed by atoms with Crippen molar-refractivity contribution in [3.05, 3.63) is 29.6 Å². The summed E-state index contributed by atoms with van der Waals surface area (Å²) in [6.45, 7) is 5.68. The smallest absolute Gasteiger partial charge is 0.225 e. The maximum absolute atomic E-state index is 10.1. The molecule has 3 heterocycles. The van der Waals surface area contributed by atoms with E-state index in [0.717, 1.165) is 75.5 Å². The van der Waals surface area contributed by atoms with Crippen molar-refractivity contribution in [1.29, 1.82) is 0 Å². The summed E-state index contributed by atoms with van der Waals surface area (Å²) in [6, 6.07) is 1.84. The van der Waals surface area contributed by atoms with E-state index < -0.39 is 0 Å². The summed E-state index contributed by atoms with van der Waals surface area (Å²) in [4.78, 5) is 13.3. The van der Waals surface area contributed by atoms with E-state index in [0.29, 0.717) is 6.54 Å². The molecule has 0 aromatic carbocycles. The zero-order valence-electron chi connectivity index (χ0n) is 14.4. The van der Waals surface area contributed by atoms with Gasteiger partial charge in [-0.2, -0.15) is 0 Å². The normalized spacial score (nSPS) is 17.4. The molecular formula is C18H25N5O2. The molecule has 1 aliphatic heterocycles. The third-order valence-corrected chi connectivity index (χ3v) is 5.35. The first-order chi connectivity index (χ1) is 12.2. The number of unbranched alkanes of at least 4 members (excludes halogenated alkanes) is 1. The van der Waals surface area contributed by atoms with Gasteiger partial charge in [-0.25, -0.2) is 9.97 Å². The molecule has 25 heavy (non-hydrogen) atoms. The first-order valence-corrected chi connectivity index (χ1v) is 9.10. The van der Waals surface area contributed by atoms with E-state index in [9.17, 15) is 10.2 Å². The van der Waals surface area contributed by atoms with Crippen molar-refractivity contribution < 1.29 is 10.2 Å². The third kappa shape index (κ3) is 3.16. The molecule has 1 aliphatic carbocycles. The molecule has 4 rings (SSSR count). The predicted octanol–water partition coefficient (Wildman–Crippen LogP) is 1.39. The second kappa shape index (κ2) is 6.92. The molecule has 0 atom stereocenters. The van der Waals surface area contributed by atoms with Gasteiger partial charge in [0.15, 0.2) is 11.8 Å². The first-order valence-electron chi connectivity index (χ1n) is 9.10. The number of aromatic nitrogens is 3. The van der Waals surface area contributed by atoms with E-state index in [4.69, 9.17) is 0 Å². The Bertz CT molecular complexity index is 695. The molecular weight excluding hydrogens is 318 g/mol. The number of hydrogen-bond acceptors (Lipinski definition) is 6. The second-order valence-electron chi connectivity index (χ2n) is 6.84. The molecule has 0 unspecified atom stereocenters. The van der Waals surface area contributed by atoms with Gasteiger partial charge in [-0.1, -0.05) is 0 Å². The molecule has 0 bridgehead atoms. The summed E-state index contributed by atoms with van der Waals surface area (Å²) >= 11 is 0. The number of anilines is 1. The van der Waals surface area contributed by atoms with Crippen molar-refractivity contribution in [2.75, 3.05) is 37.6 Å². The summed E-state index contributed by atoms with van der Waals surface area (Å²) in [5.74, 6) is 1.36. The fourth-order valence-electron chi connectivity index (χ4n) is 3.74. The molecule has 0 saturated carbocycles. The molecule has 134 valence electrons. The lowest BCUT2D eigenvalue weighted by atomic mass is 9.93. The minimum absolute atomic E-state index is 0.273. The van der Waals surface area contributed by atoms with Crippen molar-refractivity contribution >= 4 is 5.95 Å². The van der Waals surface area contributed by atoms with Gasteiger partial charge in [0.2, 0.25) is 5.95 Å². The number of rotatable bonds is 6. The fourth-order valence-corrected chi connectivity index (χ4v) is 3.74. The van der Waals surface area contributed by atoms with Crippen LogP contribution in [-0.2, 0) is 19.4 Å². The van der Waals surface area contributed by atoms with E-state index in [2.05, 4.69) is 19.8 Å². The van der Waals surface area contributed by atoms with Crippen molar-refractivity contribution in [3.63, 3.8) is 0 Å². The van der Waals surface area contributed by atoms with Crippen molar-refractivity contribution in [2.45, 2.75) is 32.2 Å². The first kappa shape index (κ1) is 16.2. The number of aromatic hydroxyl groups is 2. The summed E-state index contributed by atoms with van der Waals surface area (Å²) in [6.07, 6.45) is 7.36. The van der Waals surface area contributed by atoms with E-state index in [1.807, 2.05) is 6.07 Å². The Labute approximate surface area is 147 Å². The van der Waals surface area contributed by atoms with E-state index in [-0.39, 0.29) is 11.8 Å². The third-order valence-electron chi connectivity index (χ3n) is 5.35. The van der Waals surface area contributed by atoms with Crippen molar-refractivity contribution in [2.24, 2.45) is 0 Å². The van der Waals surface area contributed by atoms with Crippen LogP contribution in [0.3, 0.4) is 0 Å². The number of piperazine rings is 1. The Morgan fingerprint density at radius 1 is 0.840 bits per heavy atom. The molecule has 2 aliphatic rings. The van der Waals surface area contributed by atoms with Crippen LogP contribution in [0.5, 0.6) is 11.8 Å². The van der Waals surface area contributed by atoms with E-state index in [1.165, 1.54) is 0 Å². The average Bonchev–Trinajstić information content (AvgIpc) is 2.77. The van der Waals surface area contributed by atoms with Crippen LogP contribution in [-0.4, -0.2) is 62.4 Å². The van der Waals surface area contributed by atoms with Gasteiger partial charge in [0, 0.05) is 56.2 Å². The monoisotopic (exact) mass is 343 g/mol. The second-order valence-corrected chi connectivity index (χ2v) is 6.84. The minimum Gasteiger partial charge on any atom is -0.494 e. The lowest BCUT2D eigenvalue weighted by Gasteiger charge is -2.34. The van der Waals surface area contributed by atoms with Crippen molar-refractivity contribution in [3.8, 4) is 11.8 Å². The highest BCUT2D eigenvalue weighted by Gasteiger charge is 2.28. The highest BCUT2D eigenvalue weighted by atomic mass is 16.3. The topological polar surface area (TPSA) is 77.7 Å². The molecule has 1 saturated heterocycles. The average molecular weight is 343 g/mol. The van der Waals surface area contributed by atoms with Crippen LogP contribution in [0.25, 0.3) is 0 Å². The number of nitrogens with zero attached hydrogens (tertiary/aromatic N) is 5. The Kier molecular flexibility index (Phi) is 4.48. The maximum Gasteiger partial charge on any atom is 0.225 e. The quantitative estimate of drug-likeness (QED) is 0.772. The van der Waals surface area contributed by atoms with Gasteiger partial charge < -0.3 is 15.1 Å². The Morgan fingerprint density at radius 2 is 1.44 bits per heavy atom. The van der Waals surface area contributed by atoms with Gasteiger partial charge in [0.05, 0.1) is 0 Å². The van der Waals surface area contributed by atoms with Gasteiger partial charge in [-0.15, -0.1) is 0 Å². The van der Waals surface area contributed by atoms with Gasteiger partial charge in [-0.05, 0) is 38.3 Å². The SMILES string of the molecule is Oc1c2c(c(O)n1CCCCN1CCN(c3ncccn3)CC1)CC2. The molecule has 1 fully saturated rings. The fraction of sp³-hybridized carbons (Fsp3) is 0.556. The highest BCUT2D eigenvalue weighted by molar-refractivity contribution is 5.51. The van der Waals surface area contributed by atoms with Crippen LogP contribution in [0.15, 0.2) is 18.5 Å². The van der Waals surface area contributed by atoms with Crippen LogP contribution in [0.1, 0.15) is 24.0 Å². The van der Waals surface area contributed by atoms with Crippen LogP contribution in [0.4, 0.5) is 5.95 Å². The van der Waals surface area contributed by atoms with E-state index in [1.54, 1.807) is 17.0 Å². The molecule has 0 amide bonds. The number of fused-ring (bicyclic) bond motifs is 1. The summed E-state index contributed by atoms with van der Waals surface area (Å²) in [7, 11) is 0.